The summed E-state index contributed by atoms with van der Waals surface area (Å²) in [7, 11) is 0. The quantitative estimate of drug-likeness (QED) is 0.580. The van der Waals surface area contributed by atoms with E-state index in [9.17, 15) is 4.79 Å². The van der Waals surface area contributed by atoms with Crippen LogP contribution in [0.3, 0.4) is 0 Å². The Balaban J connectivity index is -0.000000173. The Hall–Kier alpha value is -0.0105. The number of hydrogen-bond donors (Lipinski definition) is 1. The molecule has 0 aromatic rings. The van der Waals surface area contributed by atoms with Crippen molar-refractivity contribution in [1.82, 2.24) is 0 Å². The van der Waals surface area contributed by atoms with E-state index in [1.165, 1.54) is 12.8 Å². The van der Waals surface area contributed by atoms with Crippen molar-refractivity contribution in [3.8, 4) is 0 Å². The van der Waals surface area contributed by atoms with Gasteiger partial charge in [0.15, 0.2) is 0 Å². The van der Waals surface area contributed by atoms with Crippen LogP contribution in [0.25, 0.3) is 0 Å². The van der Waals surface area contributed by atoms with Crippen LogP contribution in [0.2, 0.25) is 0 Å². The fraction of sp³-hybridized carbons (Fsp3) is 0.900. The van der Waals surface area contributed by atoms with Crippen LogP contribution in [0.1, 0.15) is 59.3 Å². The summed E-state index contributed by atoms with van der Waals surface area (Å²) in [6.45, 7) is 6.42. The van der Waals surface area contributed by atoms with Crippen LogP contribution in [-0.4, -0.2) is 11.1 Å². The zero-order valence-corrected chi connectivity index (χ0v) is 10.1. The molecule has 0 fully saturated rings. The summed E-state index contributed by atoms with van der Waals surface area (Å²) in [5.74, 6) is -0.682. The van der Waals surface area contributed by atoms with E-state index >= 15 is 0 Å². The molecule has 0 bridgehead atoms. The van der Waals surface area contributed by atoms with Crippen molar-refractivity contribution in [2.45, 2.75) is 59.3 Å². The second kappa shape index (κ2) is 17.9. The van der Waals surface area contributed by atoms with Gasteiger partial charge in [0.2, 0.25) is 0 Å². The molecule has 0 atom stereocenters. The minimum atomic E-state index is -0.682. The molecule has 0 radical (unpaired) electrons. The van der Waals surface area contributed by atoms with Crippen LogP contribution in [0.15, 0.2) is 0 Å². The van der Waals surface area contributed by atoms with Crippen LogP contribution in [0.5, 0.6) is 0 Å². The van der Waals surface area contributed by atoms with Gasteiger partial charge >= 0.3 is 5.97 Å². The van der Waals surface area contributed by atoms with Gasteiger partial charge in [0.05, 0.1) is 0 Å². The Labute approximate surface area is 92.6 Å². The van der Waals surface area contributed by atoms with Gasteiger partial charge in [-0.15, -0.1) is 0 Å². The number of carboxylic acids is 1. The van der Waals surface area contributed by atoms with Gasteiger partial charge in [-0.2, -0.15) is 0 Å². The van der Waals surface area contributed by atoms with E-state index < -0.39 is 5.97 Å². The molecule has 0 rings (SSSR count). The zero-order chi connectivity index (χ0) is 9.82. The summed E-state index contributed by atoms with van der Waals surface area (Å²) in [6.07, 6.45) is 5.92. The minimum absolute atomic E-state index is 0. The molecule has 0 heterocycles. The molecule has 0 aliphatic rings. The Bertz CT molecular complexity index is 92.9. The number of carboxylic acid groups (broad SMARTS) is 1. The normalized spacial score (nSPS) is 7.92. The molecule has 0 spiro atoms. The molecule has 0 aliphatic heterocycles. The maximum absolute atomic E-state index is 9.87. The Morgan fingerprint density at radius 2 is 1.46 bits per heavy atom. The molecule has 1 N–H and O–H groups in total. The number of rotatable bonds is 5. The Morgan fingerprint density at radius 1 is 1.00 bits per heavy atom. The van der Waals surface area contributed by atoms with Crippen molar-refractivity contribution < 1.29 is 27.0 Å². The molecule has 0 aromatic heterocycles. The first-order valence-electron chi connectivity index (χ1n) is 4.90. The summed E-state index contributed by atoms with van der Waals surface area (Å²) in [5, 5.41) is 8.14. The predicted octanol–water partition coefficient (Wildman–Crippen LogP) is 3.46. The summed E-state index contributed by atoms with van der Waals surface area (Å²) in [6, 6.07) is 0. The molecule has 82 valence electrons. The molecule has 0 amide bonds. The van der Waals surface area contributed by atoms with E-state index in [1.807, 2.05) is 0 Å². The first-order chi connectivity index (χ1) is 5.68. The SMILES string of the molecule is CCCC.CCCCCC(=O)O.[Fe]. The number of aliphatic carboxylic acids is 1. The second-order valence-electron chi connectivity index (χ2n) is 2.85. The van der Waals surface area contributed by atoms with E-state index in [-0.39, 0.29) is 17.1 Å². The standard InChI is InChI=1S/C6H12O2.C4H10.Fe/c1-2-3-4-5-6(7)8;1-3-4-2;/h2-5H2,1H3,(H,7,8);3-4H2,1-2H3;. The summed E-state index contributed by atoms with van der Waals surface area (Å²) in [5.41, 5.74) is 0. The Kier molecular flexibility index (Phi) is 25.8. The molecule has 0 saturated carbocycles. The van der Waals surface area contributed by atoms with E-state index in [2.05, 4.69) is 20.8 Å². The molecule has 0 saturated heterocycles. The third kappa shape index (κ3) is 33.4. The number of unbranched alkanes of at least 4 members (excludes halogenated alkanes) is 3. The van der Waals surface area contributed by atoms with Gasteiger partial charge in [0.25, 0.3) is 0 Å². The summed E-state index contributed by atoms with van der Waals surface area (Å²) >= 11 is 0. The molecular weight excluding hydrogens is 208 g/mol. The first kappa shape index (κ1) is 18.7. The fourth-order valence-electron chi connectivity index (χ4n) is 0.526. The monoisotopic (exact) mass is 230 g/mol. The zero-order valence-electron chi connectivity index (χ0n) is 8.95. The van der Waals surface area contributed by atoms with Crippen molar-refractivity contribution in [3.05, 3.63) is 0 Å². The predicted molar refractivity (Wildman–Crippen MR) is 52.4 cm³/mol. The number of carbonyl (C=O) groups is 1. The smallest absolute Gasteiger partial charge is 0.303 e. The maximum atomic E-state index is 9.87. The van der Waals surface area contributed by atoms with Crippen LogP contribution in [0, 0.1) is 0 Å². The van der Waals surface area contributed by atoms with Gasteiger partial charge in [-0.3, -0.25) is 4.79 Å². The fourth-order valence-corrected chi connectivity index (χ4v) is 0.526. The van der Waals surface area contributed by atoms with Crippen molar-refractivity contribution in [3.63, 3.8) is 0 Å². The van der Waals surface area contributed by atoms with Crippen LogP contribution < -0.4 is 0 Å². The molecule has 3 heteroatoms. The Morgan fingerprint density at radius 3 is 1.69 bits per heavy atom. The third-order valence-electron chi connectivity index (χ3n) is 1.49. The first-order valence-corrected chi connectivity index (χ1v) is 4.90. The average Bonchev–Trinajstić information content (AvgIpc) is 2.05. The second-order valence-corrected chi connectivity index (χ2v) is 2.85. The van der Waals surface area contributed by atoms with Gasteiger partial charge < -0.3 is 5.11 Å². The van der Waals surface area contributed by atoms with Gasteiger partial charge in [-0.05, 0) is 6.42 Å². The van der Waals surface area contributed by atoms with Gasteiger partial charge in [-0.1, -0.05) is 46.5 Å². The van der Waals surface area contributed by atoms with Crippen LogP contribution in [0.4, 0.5) is 0 Å². The van der Waals surface area contributed by atoms with Crippen molar-refractivity contribution in [1.29, 1.82) is 0 Å². The molecular formula is C10H22FeO2. The maximum Gasteiger partial charge on any atom is 0.303 e. The van der Waals surface area contributed by atoms with Crippen molar-refractivity contribution >= 4 is 5.97 Å². The molecule has 13 heavy (non-hydrogen) atoms. The topological polar surface area (TPSA) is 37.3 Å². The third-order valence-corrected chi connectivity index (χ3v) is 1.49. The average molecular weight is 230 g/mol. The van der Waals surface area contributed by atoms with E-state index in [4.69, 9.17) is 5.11 Å². The number of hydrogen-bond acceptors (Lipinski definition) is 1. The summed E-state index contributed by atoms with van der Waals surface area (Å²) < 4.78 is 0. The van der Waals surface area contributed by atoms with Crippen molar-refractivity contribution in [2.24, 2.45) is 0 Å². The molecule has 0 unspecified atom stereocenters. The van der Waals surface area contributed by atoms with E-state index in [0.29, 0.717) is 6.42 Å². The van der Waals surface area contributed by atoms with Gasteiger partial charge in [0, 0.05) is 23.5 Å². The van der Waals surface area contributed by atoms with Gasteiger partial charge in [-0.25, -0.2) is 0 Å². The molecule has 2 nitrogen and oxygen atoms in total. The van der Waals surface area contributed by atoms with Crippen molar-refractivity contribution in [2.75, 3.05) is 0 Å². The van der Waals surface area contributed by atoms with Crippen LogP contribution in [-0.2, 0) is 21.9 Å². The van der Waals surface area contributed by atoms with Crippen LogP contribution >= 0.6 is 0 Å². The van der Waals surface area contributed by atoms with E-state index in [1.54, 1.807) is 0 Å². The minimum Gasteiger partial charge on any atom is -0.481 e. The van der Waals surface area contributed by atoms with Gasteiger partial charge in [0.1, 0.15) is 0 Å². The molecule has 0 aromatic carbocycles. The summed E-state index contributed by atoms with van der Waals surface area (Å²) in [4.78, 5) is 9.87. The molecule has 0 aliphatic carbocycles. The van der Waals surface area contributed by atoms with E-state index in [0.717, 1.165) is 19.3 Å². The largest absolute Gasteiger partial charge is 0.481 e.